The van der Waals surface area contributed by atoms with E-state index in [1.807, 2.05) is 0 Å². The largest absolute Gasteiger partial charge is 0.481 e. The van der Waals surface area contributed by atoms with E-state index in [-0.39, 0.29) is 18.4 Å². The third-order valence-corrected chi connectivity index (χ3v) is 3.93. The first-order valence-electron chi connectivity index (χ1n) is 5.67. The zero-order valence-electron chi connectivity index (χ0n) is 10.8. The lowest BCUT2D eigenvalue weighted by Crippen LogP contribution is -2.48. The average molecular weight is 274 g/mol. The summed E-state index contributed by atoms with van der Waals surface area (Å²) in [6.45, 7) is 3.14. The molecule has 102 valence electrons. The van der Waals surface area contributed by atoms with Gasteiger partial charge in [-0.25, -0.2) is 0 Å². The van der Waals surface area contributed by atoms with Gasteiger partial charge < -0.3 is 14.9 Å². The minimum absolute atomic E-state index is 0.127. The van der Waals surface area contributed by atoms with Gasteiger partial charge in [-0.05, 0) is 0 Å². The topological polar surface area (TPSA) is 77.9 Å². The number of hydrogen-bond acceptors (Lipinski definition) is 4. The van der Waals surface area contributed by atoms with Gasteiger partial charge in [0, 0.05) is 26.3 Å². The van der Waals surface area contributed by atoms with Gasteiger partial charge in [-0.1, -0.05) is 6.92 Å². The molecule has 0 saturated carbocycles. The van der Waals surface area contributed by atoms with Crippen LogP contribution < -0.4 is 0 Å². The number of carboxylic acids is 1. The quantitative estimate of drug-likeness (QED) is 0.786. The van der Waals surface area contributed by atoms with Gasteiger partial charge in [-0.3, -0.25) is 14.4 Å². The highest BCUT2D eigenvalue weighted by atomic mass is 32.2. The van der Waals surface area contributed by atoms with Crippen LogP contribution in [0.3, 0.4) is 0 Å². The van der Waals surface area contributed by atoms with Crippen molar-refractivity contribution in [3.05, 3.63) is 0 Å². The molecule has 0 radical (unpaired) electrons. The molecule has 1 rings (SSSR count). The van der Waals surface area contributed by atoms with Gasteiger partial charge in [-0.15, -0.1) is 11.8 Å². The zero-order valence-corrected chi connectivity index (χ0v) is 11.6. The highest BCUT2D eigenvalue weighted by Gasteiger charge is 2.35. The van der Waals surface area contributed by atoms with Crippen LogP contribution in [0.2, 0.25) is 0 Å². The Balaban J connectivity index is 2.63. The molecule has 0 unspecified atom stereocenters. The maximum absolute atomic E-state index is 12.1. The molecule has 1 saturated heterocycles. The van der Waals surface area contributed by atoms with Crippen LogP contribution in [0, 0.1) is 5.92 Å². The van der Waals surface area contributed by atoms with E-state index in [0.717, 1.165) is 0 Å². The Labute approximate surface area is 110 Å². The molecule has 1 N–H and O–H groups in total. The van der Waals surface area contributed by atoms with E-state index < -0.39 is 17.9 Å². The van der Waals surface area contributed by atoms with Gasteiger partial charge in [0.05, 0.1) is 11.8 Å². The van der Waals surface area contributed by atoms with E-state index in [4.69, 9.17) is 5.11 Å². The van der Waals surface area contributed by atoms with Crippen molar-refractivity contribution in [3.8, 4) is 0 Å². The normalized spacial score (nSPS) is 20.6. The third kappa shape index (κ3) is 3.38. The molecule has 7 heteroatoms. The Kier molecular flexibility index (Phi) is 5.01. The van der Waals surface area contributed by atoms with Crippen LogP contribution in [0.25, 0.3) is 0 Å². The lowest BCUT2D eigenvalue weighted by molar-refractivity contribution is -0.145. The zero-order chi connectivity index (χ0) is 13.9. The Bertz CT molecular complexity index is 361. The van der Waals surface area contributed by atoms with Crippen molar-refractivity contribution in [2.24, 2.45) is 5.92 Å². The first kappa shape index (κ1) is 14.8. The smallest absolute Gasteiger partial charge is 0.308 e. The van der Waals surface area contributed by atoms with E-state index in [1.165, 1.54) is 28.5 Å². The van der Waals surface area contributed by atoms with Gasteiger partial charge in [-0.2, -0.15) is 0 Å². The molecule has 6 nitrogen and oxygen atoms in total. The minimum Gasteiger partial charge on any atom is -0.481 e. The Hall–Kier alpha value is -1.24. The molecule has 0 aromatic heterocycles. The first-order chi connectivity index (χ1) is 8.34. The fourth-order valence-corrected chi connectivity index (χ4v) is 3.00. The Morgan fingerprint density at radius 3 is 2.61 bits per heavy atom. The summed E-state index contributed by atoms with van der Waals surface area (Å²) in [7, 11) is 1.57. The molecule has 1 aliphatic rings. The number of hydrogen-bond donors (Lipinski definition) is 1. The SMILES string of the molecule is CC(=O)N1CSC[C@H]1C(=O)N(C)C[C@@H](C)C(=O)O. The van der Waals surface area contributed by atoms with Crippen molar-refractivity contribution < 1.29 is 19.5 Å². The van der Waals surface area contributed by atoms with Crippen molar-refractivity contribution in [2.45, 2.75) is 19.9 Å². The molecular weight excluding hydrogens is 256 g/mol. The number of carboxylic acid groups (broad SMARTS) is 1. The maximum Gasteiger partial charge on any atom is 0.308 e. The van der Waals surface area contributed by atoms with Crippen LogP contribution in [0.1, 0.15) is 13.8 Å². The van der Waals surface area contributed by atoms with Crippen LogP contribution >= 0.6 is 11.8 Å². The fourth-order valence-electron chi connectivity index (χ4n) is 1.79. The molecule has 2 amide bonds. The second-order valence-corrected chi connectivity index (χ2v) is 5.46. The van der Waals surface area contributed by atoms with E-state index in [0.29, 0.717) is 11.6 Å². The van der Waals surface area contributed by atoms with Gasteiger partial charge >= 0.3 is 5.97 Å². The molecule has 1 aliphatic heterocycles. The second kappa shape index (κ2) is 6.08. The number of rotatable bonds is 4. The molecule has 1 heterocycles. The minimum atomic E-state index is -0.932. The molecule has 0 bridgehead atoms. The van der Waals surface area contributed by atoms with Crippen molar-refractivity contribution in [1.82, 2.24) is 9.80 Å². The number of carbonyl (C=O) groups is 3. The molecule has 0 aliphatic carbocycles. The van der Waals surface area contributed by atoms with Crippen molar-refractivity contribution >= 4 is 29.5 Å². The fraction of sp³-hybridized carbons (Fsp3) is 0.727. The van der Waals surface area contributed by atoms with Gasteiger partial charge in [0.2, 0.25) is 11.8 Å². The summed E-state index contributed by atoms with van der Waals surface area (Å²) in [5.41, 5.74) is 0. The highest BCUT2D eigenvalue weighted by molar-refractivity contribution is 7.99. The summed E-state index contributed by atoms with van der Waals surface area (Å²) >= 11 is 1.53. The van der Waals surface area contributed by atoms with Gasteiger partial charge in [0.15, 0.2) is 0 Å². The number of thioether (sulfide) groups is 1. The number of nitrogens with zero attached hydrogens (tertiary/aromatic N) is 2. The summed E-state index contributed by atoms with van der Waals surface area (Å²) in [5, 5.41) is 8.81. The summed E-state index contributed by atoms with van der Waals surface area (Å²) < 4.78 is 0. The summed E-state index contributed by atoms with van der Waals surface area (Å²) in [6, 6.07) is -0.460. The van der Waals surface area contributed by atoms with E-state index in [2.05, 4.69) is 0 Å². The molecule has 1 fully saturated rings. The van der Waals surface area contributed by atoms with Crippen LogP contribution in [0.4, 0.5) is 0 Å². The summed E-state index contributed by atoms with van der Waals surface area (Å²) in [6.07, 6.45) is 0. The number of amides is 2. The second-order valence-electron chi connectivity index (χ2n) is 4.46. The first-order valence-corrected chi connectivity index (χ1v) is 6.82. The molecular formula is C11H18N2O4S. The van der Waals surface area contributed by atoms with Crippen molar-refractivity contribution in [2.75, 3.05) is 25.2 Å². The molecule has 0 aromatic carbocycles. The molecule has 0 aromatic rings. The Morgan fingerprint density at radius 2 is 2.11 bits per heavy atom. The van der Waals surface area contributed by atoms with E-state index in [9.17, 15) is 14.4 Å². The average Bonchev–Trinajstić information content (AvgIpc) is 2.76. The number of carbonyl (C=O) groups excluding carboxylic acids is 2. The van der Waals surface area contributed by atoms with E-state index >= 15 is 0 Å². The predicted octanol–water partition coefficient (Wildman–Crippen LogP) is 0.0869. The van der Waals surface area contributed by atoms with Crippen LogP contribution in [-0.4, -0.2) is 64.0 Å². The Morgan fingerprint density at radius 1 is 1.50 bits per heavy atom. The number of likely N-dealkylation sites (N-methyl/N-ethyl adjacent to an activating group) is 1. The lowest BCUT2D eigenvalue weighted by atomic mass is 10.1. The standard InChI is InChI=1S/C11H18N2O4S/c1-7(11(16)17)4-12(3)10(15)9-5-18-6-13(9)8(2)14/h7,9H,4-6H2,1-3H3,(H,16,17)/t7-,9+/m1/s1. The number of aliphatic carboxylic acids is 1. The molecule has 2 atom stereocenters. The molecule has 18 heavy (non-hydrogen) atoms. The monoisotopic (exact) mass is 274 g/mol. The third-order valence-electron chi connectivity index (χ3n) is 2.92. The van der Waals surface area contributed by atoms with Crippen LogP contribution in [-0.2, 0) is 14.4 Å². The van der Waals surface area contributed by atoms with Crippen LogP contribution in [0.5, 0.6) is 0 Å². The van der Waals surface area contributed by atoms with Gasteiger partial charge in [0.1, 0.15) is 6.04 Å². The molecule has 0 spiro atoms. The predicted molar refractivity (Wildman–Crippen MR) is 68.1 cm³/mol. The summed E-state index contributed by atoms with van der Waals surface area (Å²) in [4.78, 5) is 37.2. The van der Waals surface area contributed by atoms with Crippen LogP contribution in [0.15, 0.2) is 0 Å². The maximum atomic E-state index is 12.1. The summed E-state index contributed by atoms with van der Waals surface area (Å²) in [5.74, 6) is -0.767. The van der Waals surface area contributed by atoms with Crippen molar-refractivity contribution in [1.29, 1.82) is 0 Å². The highest BCUT2D eigenvalue weighted by Crippen LogP contribution is 2.22. The van der Waals surface area contributed by atoms with Crippen molar-refractivity contribution in [3.63, 3.8) is 0 Å². The van der Waals surface area contributed by atoms with Gasteiger partial charge in [0.25, 0.3) is 0 Å². The van der Waals surface area contributed by atoms with E-state index in [1.54, 1.807) is 14.0 Å². The lowest BCUT2D eigenvalue weighted by Gasteiger charge is -2.27.